The van der Waals surface area contributed by atoms with E-state index < -0.39 is 0 Å². The second-order valence-corrected chi connectivity index (χ2v) is 5.86. The molecule has 1 aromatic rings. The van der Waals surface area contributed by atoms with Gasteiger partial charge in [0.05, 0.1) is 20.3 Å². The Bertz CT molecular complexity index is 508. The fourth-order valence-corrected chi connectivity index (χ4v) is 2.53. The molecule has 0 aliphatic carbocycles. The summed E-state index contributed by atoms with van der Waals surface area (Å²) < 4.78 is 16.3. The van der Waals surface area contributed by atoms with E-state index in [9.17, 15) is 0 Å². The summed E-state index contributed by atoms with van der Waals surface area (Å²) in [6.07, 6.45) is 2.08. The average molecular weight is 463 g/mol. The third-order valence-corrected chi connectivity index (χ3v) is 3.95. The summed E-state index contributed by atoms with van der Waals surface area (Å²) in [5.41, 5.74) is 1.15. The number of aliphatic imine (C=N–C) groups is 1. The molecular weight excluding hydrogens is 433 g/mol. The van der Waals surface area contributed by atoms with Gasteiger partial charge >= 0.3 is 0 Å². The zero-order chi connectivity index (χ0) is 17.0. The number of hydrogen-bond donors (Lipinski definition) is 2. The quantitative estimate of drug-likeness (QED) is 0.255. The minimum Gasteiger partial charge on any atom is -0.497 e. The van der Waals surface area contributed by atoms with Crippen LogP contribution in [0.2, 0.25) is 0 Å². The normalized spacial score (nSPS) is 17.0. The molecule has 0 bridgehead atoms. The number of rotatable bonds is 9. The van der Waals surface area contributed by atoms with Crippen molar-refractivity contribution >= 4 is 29.9 Å². The van der Waals surface area contributed by atoms with Crippen LogP contribution in [0.1, 0.15) is 18.4 Å². The summed E-state index contributed by atoms with van der Waals surface area (Å²) >= 11 is 0. The van der Waals surface area contributed by atoms with Gasteiger partial charge in [-0.1, -0.05) is 12.1 Å². The molecule has 1 fully saturated rings. The lowest BCUT2D eigenvalue weighted by atomic mass is 10.1. The third kappa shape index (κ3) is 8.73. The number of guanidine groups is 1. The fourth-order valence-electron chi connectivity index (χ4n) is 2.53. The van der Waals surface area contributed by atoms with Gasteiger partial charge in [-0.05, 0) is 30.5 Å². The van der Waals surface area contributed by atoms with E-state index >= 15 is 0 Å². The monoisotopic (exact) mass is 463 g/mol. The van der Waals surface area contributed by atoms with Crippen molar-refractivity contribution in [3.05, 3.63) is 29.8 Å². The summed E-state index contributed by atoms with van der Waals surface area (Å²) in [6, 6.07) is 8.00. The Morgan fingerprint density at radius 1 is 1.36 bits per heavy atom. The number of halogens is 1. The van der Waals surface area contributed by atoms with Gasteiger partial charge in [-0.3, -0.25) is 4.99 Å². The lowest BCUT2D eigenvalue weighted by Gasteiger charge is -2.13. The number of nitrogens with one attached hydrogen (secondary N) is 2. The van der Waals surface area contributed by atoms with Crippen molar-refractivity contribution in [3.8, 4) is 5.75 Å². The van der Waals surface area contributed by atoms with Gasteiger partial charge in [0.25, 0.3) is 0 Å². The van der Waals surface area contributed by atoms with Crippen LogP contribution in [0.15, 0.2) is 29.3 Å². The zero-order valence-corrected chi connectivity index (χ0v) is 17.5. The van der Waals surface area contributed by atoms with E-state index in [0.717, 1.165) is 63.1 Å². The molecule has 2 rings (SSSR count). The Balaban J connectivity index is 0.00000312. The summed E-state index contributed by atoms with van der Waals surface area (Å²) in [6.45, 7) is 4.83. The maximum atomic E-state index is 5.69. The number of hydrogen-bond acceptors (Lipinski definition) is 4. The smallest absolute Gasteiger partial charge is 0.191 e. The van der Waals surface area contributed by atoms with Crippen LogP contribution in [0.3, 0.4) is 0 Å². The van der Waals surface area contributed by atoms with Crippen LogP contribution < -0.4 is 15.4 Å². The molecule has 1 aliphatic heterocycles. The Morgan fingerprint density at radius 3 is 2.96 bits per heavy atom. The van der Waals surface area contributed by atoms with E-state index in [1.165, 1.54) is 0 Å². The molecule has 1 heterocycles. The highest BCUT2D eigenvalue weighted by Crippen LogP contribution is 2.12. The van der Waals surface area contributed by atoms with Crippen LogP contribution in [0, 0.1) is 5.92 Å². The first-order chi connectivity index (χ1) is 11.8. The van der Waals surface area contributed by atoms with E-state index in [0.29, 0.717) is 12.5 Å². The minimum absolute atomic E-state index is 0. The largest absolute Gasteiger partial charge is 0.497 e. The van der Waals surface area contributed by atoms with Gasteiger partial charge < -0.3 is 24.8 Å². The standard InChI is InChI=1S/C18H29N3O3.HI/c1-19-18(21-12-15-5-3-6-17(11-15)22-2)20-8-4-9-23-13-16-7-10-24-14-16;/h3,5-6,11,16H,4,7-10,12-14H2,1-2H3,(H2,19,20,21);1H. The van der Waals surface area contributed by atoms with E-state index in [1.54, 1.807) is 14.2 Å². The molecule has 6 nitrogen and oxygen atoms in total. The second kappa shape index (κ2) is 13.2. The summed E-state index contributed by atoms with van der Waals surface area (Å²) in [5.74, 6) is 2.24. The molecule has 142 valence electrons. The molecule has 1 atom stereocenters. The van der Waals surface area contributed by atoms with Gasteiger partial charge in [0.2, 0.25) is 0 Å². The molecule has 0 saturated carbocycles. The number of nitrogens with zero attached hydrogens (tertiary/aromatic N) is 1. The van der Waals surface area contributed by atoms with Crippen molar-refractivity contribution in [2.75, 3.05) is 47.1 Å². The average Bonchev–Trinajstić information content (AvgIpc) is 3.14. The molecular formula is C18H30IN3O3. The molecule has 2 N–H and O–H groups in total. The maximum absolute atomic E-state index is 5.69. The number of benzene rings is 1. The summed E-state index contributed by atoms with van der Waals surface area (Å²) in [7, 11) is 3.45. The third-order valence-electron chi connectivity index (χ3n) is 3.95. The van der Waals surface area contributed by atoms with E-state index in [4.69, 9.17) is 14.2 Å². The van der Waals surface area contributed by atoms with Crippen LogP contribution >= 0.6 is 24.0 Å². The van der Waals surface area contributed by atoms with Crippen LogP contribution in [0.5, 0.6) is 5.75 Å². The van der Waals surface area contributed by atoms with Gasteiger partial charge in [-0.15, -0.1) is 24.0 Å². The highest BCUT2D eigenvalue weighted by molar-refractivity contribution is 14.0. The maximum Gasteiger partial charge on any atom is 0.191 e. The number of ether oxygens (including phenoxy) is 3. The van der Waals surface area contributed by atoms with Crippen LogP contribution in [-0.2, 0) is 16.0 Å². The molecule has 0 radical (unpaired) electrons. The molecule has 7 heteroatoms. The molecule has 1 saturated heterocycles. The molecule has 0 aromatic heterocycles. The van der Waals surface area contributed by atoms with Crippen molar-refractivity contribution in [2.45, 2.75) is 19.4 Å². The zero-order valence-electron chi connectivity index (χ0n) is 15.1. The molecule has 0 amide bonds. The van der Waals surface area contributed by atoms with Gasteiger partial charge in [0, 0.05) is 39.3 Å². The molecule has 0 spiro atoms. The van der Waals surface area contributed by atoms with Crippen molar-refractivity contribution < 1.29 is 14.2 Å². The van der Waals surface area contributed by atoms with Crippen molar-refractivity contribution in [1.82, 2.24) is 10.6 Å². The Kier molecular flexibility index (Phi) is 11.6. The lowest BCUT2D eigenvalue weighted by molar-refractivity contribution is 0.0888. The SMILES string of the molecule is CN=C(NCCCOCC1CCOC1)NCc1cccc(OC)c1.I. The first-order valence-corrected chi connectivity index (χ1v) is 8.54. The molecule has 1 unspecified atom stereocenters. The van der Waals surface area contributed by atoms with Gasteiger partial charge in [-0.2, -0.15) is 0 Å². The van der Waals surface area contributed by atoms with Crippen molar-refractivity contribution in [1.29, 1.82) is 0 Å². The predicted octanol–water partition coefficient (Wildman–Crippen LogP) is 2.42. The topological polar surface area (TPSA) is 64.1 Å². The van der Waals surface area contributed by atoms with E-state index in [-0.39, 0.29) is 24.0 Å². The lowest BCUT2D eigenvalue weighted by Crippen LogP contribution is -2.37. The second-order valence-electron chi connectivity index (χ2n) is 5.86. The molecule has 25 heavy (non-hydrogen) atoms. The highest BCUT2D eigenvalue weighted by atomic mass is 127. The fraction of sp³-hybridized carbons (Fsp3) is 0.611. The van der Waals surface area contributed by atoms with Crippen molar-refractivity contribution in [3.63, 3.8) is 0 Å². The highest BCUT2D eigenvalue weighted by Gasteiger charge is 2.15. The van der Waals surface area contributed by atoms with Crippen LogP contribution in [0.4, 0.5) is 0 Å². The Hall–Kier alpha value is -1.06. The van der Waals surface area contributed by atoms with E-state index in [1.807, 2.05) is 18.2 Å². The minimum atomic E-state index is 0. The first-order valence-electron chi connectivity index (χ1n) is 8.54. The first kappa shape index (κ1) is 22.0. The number of methoxy groups -OCH3 is 1. The predicted molar refractivity (Wildman–Crippen MR) is 111 cm³/mol. The van der Waals surface area contributed by atoms with Gasteiger partial charge in [-0.25, -0.2) is 0 Å². The Morgan fingerprint density at radius 2 is 2.24 bits per heavy atom. The van der Waals surface area contributed by atoms with Crippen LogP contribution in [0.25, 0.3) is 0 Å². The summed E-state index contributed by atoms with van der Waals surface area (Å²) in [4.78, 5) is 4.23. The Labute approximate surface area is 167 Å². The molecule has 1 aromatic carbocycles. The summed E-state index contributed by atoms with van der Waals surface area (Å²) in [5, 5.41) is 6.60. The van der Waals surface area contributed by atoms with Gasteiger partial charge in [0.1, 0.15) is 5.75 Å². The van der Waals surface area contributed by atoms with Gasteiger partial charge in [0.15, 0.2) is 5.96 Å². The van der Waals surface area contributed by atoms with E-state index in [2.05, 4.69) is 21.7 Å². The van der Waals surface area contributed by atoms with Crippen molar-refractivity contribution in [2.24, 2.45) is 10.9 Å². The molecule has 1 aliphatic rings. The van der Waals surface area contributed by atoms with Crippen LogP contribution in [-0.4, -0.2) is 53.1 Å².